The molecule has 0 saturated carbocycles. The molecule has 5 nitrogen and oxygen atoms in total. The predicted molar refractivity (Wildman–Crippen MR) is 98.5 cm³/mol. The zero-order valence-corrected chi connectivity index (χ0v) is 15.3. The van der Waals surface area contributed by atoms with Gasteiger partial charge in [-0.1, -0.05) is 36.4 Å². The minimum absolute atomic E-state index is 0.379. The minimum atomic E-state index is -1.02. The van der Waals surface area contributed by atoms with Crippen LogP contribution in [0.4, 0.5) is 0 Å². The summed E-state index contributed by atoms with van der Waals surface area (Å²) >= 11 is 0. The number of carbonyl (C=O) groups excluding carboxylic acids is 2. The van der Waals surface area contributed by atoms with Crippen molar-refractivity contribution in [1.82, 2.24) is 4.81 Å². The molecule has 0 spiro atoms. The SMILES string of the molecule is CC1(C)OB(N2C(=O)c3ccc(-c4ccccc4)cc3C2=O)OC1(C)C. The highest BCUT2D eigenvalue weighted by atomic mass is 16.7. The molecule has 0 radical (unpaired) electrons. The van der Waals surface area contributed by atoms with Gasteiger partial charge in [0.1, 0.15) is 0 Å². The Morgan fingerprint density at radius 3 is 1.96 bits per heavy atom. The van der Waals surface area contributed by atoms with Gasteiger partial charge < -0.3 is 9.31 Å². The molecule has 2 aromatic rings. The van der Waals surface area contributed by atoms with Gasteiger partial charge in [-0.25, -0.2) is 0 Å². The summed E-state index contributed by atoms with van der Waals surface area (Å²) in [6.45, 7) is 7.55. The summed E-state index contributed by atoms with van der Waals surface area (Å²) in [7, 11) is -1.02. The van der Waals surface area contributed by atoms with Crippen LogP contribution in [0.15, 0.2) is 48.5 Å². The smallest absolute Gasteiger partial charge is 0.384 e. The number of benzene rings is 2. The summed E-state index contributed by atoms with van der Waals surface area (Å²) in [4.78, 5) is 26.8. The van der Waals surface area contributed by atoms with Crippen molar-refractivity contribution in [2.75, 3.05) is 0 Å². The van der Waals surface area contributed by atoms with Crippen LogP contribution in [-0.4, -0.2) is 35.1 Å². The average Bonchev–Trinajstić information content (AvgIpc) is 2.97. The first-order valence-electron chi connectivity index (χ1n) is 8.64. The normalized spacial score (nSPS) is 20.6. The van der Waals surface area contributed by atoms with Gasteiger partial charge in [-0.2, -0.15) is 0 Å². The van der Waals surface area contributed by atoms with Crippen molar-refractivity contribution in [3.05, 3.63) is 59.7 Å². The van der Waals surface area contributed by atoms with Gasteiger partial charge in [0.15, 0.2) is 0 Å². The Morgan fingerprint density at radius 1 is 0.769 bits per heavy atom. The zero-order chi connectivity index (χ0) is 18.7. The molecule has 2 aromatic carbocycles. The van der Waals surface area contributed by atoms with Gasteiger partial charge in [0, 0.05) is 0 Å². The van der Waals surface area contributed by atoms with Crippen LogP contribution in [0.25, 0.3) is 11.1 Å². The Balaban J connectivity index is 1.69. The standard InChI is InChI=1S/C20H20BNO4/c1-19(2)20(3,4)26-21(25-19)22-17(23)15-11-10-14(12-16(15)18(22)24)13-8-6-5-7-9-13/h5-12H,1-4H3. The summed E-state index contributed by atoms with van der Waals surface area (Å²) in [5.41, 5.74) is 1.39. The van der Waals surface area contributed by atoms with E-state index in [0.29, 0.717) is 11.1 Å². The van der Waals surface area contributed by atoms with E-state index in [9.17, 15) is 9.59 Å². The molecule has 0 bridgehead atoms. The van der Waals surface area contributed by atoms with E-state index in [1.165, 1.54) is 0 Å². The summed E-state index contributed by atoms with van der Waals surface area (Å²) in [6, 6.07) is 15.1. The Labute approximate surface area is 153 Å². The number of nitrogens with zero attached hydrogens (tertiary/aromatic N) is 1. The number of imide groups is 1. The van der Waals surface area contributed by atoms with Crippen LogP contribution in [0.3, 0.4) is 0 Å². The van der Waals surface area contributed by atoms with Crippen LogP contribution in [0.5, 0.6) is 0 Å². The molecular formula is C20H20BNO4. The first-order chi connectivity index (χ1) is 12.2. The van der Waals surface area contributed by atoms with Crippen molar-refractivity contribution in [2.45, 2.75) is 38.9 Å². The summed E-state index contributed by atoms with van der Waals surface area (Å²) in [5, 5.41) is 0. The maximum Gasteiger partial charge on any atom is 0.604 e. The highest BCUT2D eigenvalue weighted by Gasteiger charge is 2.58. The number of carbonyl (C=O) groups is 2. The monoisotopic (exact) mass is 349 g/mol. The van der Waals surface area contributed by atoms with Crippen LogP contribution >= 0.6 is 0 Å². The second-order valence-electron chi connectivity index (χ2n) is 7.67. The fourth-order valence-electron chi connectivity index (χ4n) is 3.18. The Morgan fingerprint density at radius 2 is 1.35 bits per heavy atom. The van der Waals surface area contributed by atoms with Gasteiger partial charge in [-0.15, -0.1) is 0 Å². The lowest BCUT2D eigenvalue weighted by Gasteiger charge is -2.32. The molecule has 2 aliphatic heterocycles. The van der Waals surface area contributed by atoms with E-state index in [4.69, 9.17) is 9.31 Å². The molecule has 2 heterocycles. The lowest BCUT2D eigenvalue weighted by atomic mass is 9.90. The third-order valence-corrected chi connectivity index (χ3v) is 5.48. The molecule has 0 N–H and O–H groups in total. The third kappa shape index (κ3) is 2.41. The molecule has 26 heavy (non-hydrogen) atoms. The highest BCUT2D eigenvalue weighted by Crippen LogP contribution is 2.39. The number of hydrogen-bond acceptors (Lipinski definition) is 4. The molecule has 0 atom stereocenters. The fraction of sp³-hybridized carbons (Fsp3) is 0.300. The van der Waals surface area contributed by atoms with Crippen molar-refractivity contribution in [3.8, 4) is 11.1 Å². The molecule has 0 unspecified atom stereocenters. The number of hydrogen-bond donors (Lipinski definition) is 0. The van der Waals surface area contributed by atoms with Crippen molar-refractivity contribution < 1.29 is 18.9 Å². The van der Waals surface area contributed by atoms with Crippen LogP contribution in [0, 0.1) is 0 Å². The lowest BCUT2D eigenvalue weighted by molar-refractivity contribution is 0.00578. The maximum atomic E-state index is 12.9. The number of rotatable bonds is 2. The average molecular weight is 349 g/mol. The largest absolute Gasteiger partial charge is 0.604 e. The van der Waals surface area contributed by atoms with Gasteiger partial charge >= 0.3 is 7.25 Å². The molecule has 1 fully saturated rings. The van der Waals surface area contributed by atoms with Crippen molar-refractivity contribution in [3.63, 3.8) is 0 Å². The minimum Gasteiger partial charge on any atom is -0.384 e. The second-order valence-corrected chi connectivity index (χ2v) is 7.67. The fourth-order valence-corrected chi connectivity index (χ4v) is 3.18. The Hall–Kier alpha value is -2.44. The van der Waals surface area contributed by atoms with E-state index in [-0.39, 0.29) is 11.8 Å². The quantitative estimate of drug-likeness (QED) is 0.615. The van der Waals surface area contributed by atoms with Crippen LogP contribution in [0.1, 0.15) is 48.4 Å². The van der Waals surface area contributed by atoms with Gasteiger partial charge in [0.05, 0.1) is 22.3 Å². The van der Waals surface area contributed by atoms with Crippen LogP contribution in [0.2, 0.25) is 0 Å². The summed E-state index contributed by atoms with van der Waals surface area (Å²) in [5.74, 6) is -0.774. The van der Waals surface area contributed by atoms with Gasteiger partial charge in [-0.3, -0.25) is 14.4 Å². The molecule has 132 valence electrons. The molecule has 1 saturated heterocycles. The Kier molecular flexibility index (Phi) is 3.62. The summed E-state index contributed by atoms with van der Waals surface area (Å²) in [6.07, 6.45) is 0. The van der Waals surface area contributed by atoms with Crippen LogP contribution in [-0.2, 0) is 9.31 Å². The first-order valence-corrected chi connectivity index (χ1v) is 8.64. The summed E-state index contributed by atoms with van der Waals surface area (Å²) < 4.78 is 11.8. The van der Waals surface area contributed by atoms with Gasteiger partial charge in [0.25, 0.3) is 11.8 Å². The Bertz CT molecular complexity index is 891. The number of amides is 2. The van der Waals surface area contributed by atoms with Crippen molar-refractivity contribution >= 4 is 19.1 Å². The van der Waals surface area contributed by atoms with Gasteiger partial charge in [0.2, 0.25) is 0 Å². The zero-order valence-electron chi connectivity index (χ0n) is 15.3. The van der Waals surface area contributed by atoms with E-state index in [1.54, 1.807) is 12.1 Å². The van der Waals surface area contributed by atoms with E-state index in [2.05, 4.69) is 0 Å². The van der Waals surface area contributed by atoms with E-state index >= 15 is 0 Å². The number of fused-ring (bicyclic) bond motifs is 1. The van der Waals surface area contributed by atoms with Crippen molar-refractivity contribution in [2.24, 2.45) is 0 Å². The first kappa shape index (κ1) is 17.0. The van der Waals surface area contributed by atoms with Crippen LogP contribution < -0.4 is 0 Å². The topological polar surface area (TPSA) is 55.8 Å². The third-order valence-electron chi connectivity index (χ3n) is 5.48. The highest BCUT2D eigenvalue weighted by molar-refractivity contribution is 6.54. The molecule has 0 aromatic heterocycles. The molecule has 2 aliphatic rings. The molecular weight excluding hydrogens is 329 g/mol. The van der Waals surface area contributed by atoms with Gasteiger partial charge in [-0.05, 0) is 51.0 Å². The molecule has 0 aliphatic carbocycles. The second kappa shape index (κ2) is 5.53. The maximum absolute atomic E-state index is 12.9. The van der Waals surface area contributed by atoms with Crippen molar-refractivity contribution in [1.29, 1.82) is 0 Å². The molecule has 2 amide bonds. The van der Waals surface area contributed by atoms with E-state index in [1.807, 2.05) is 64.1 Å². The van der Waals surface area contributed by atoms with E-state index in [0.717, 1.165) is 15.9 Å². The molecule has 4 rings (SSSR count). The molecule has 6 heteroatoms. The van der Waals surface area contributed by atoms with E-state index < -0.39 is 18.5 Å². The lowest BCUT2D eigenvalue weighted by Crippen LogP contribution is -2.46. The predicted octanol–water partition coefficient (Wildman–Crippen LogP) is 3.54.